The standard InChI is InChI=1S/C17H18N2O6/c1-11(8-13-4-7-15(20)16(21)9-13)18-17(22)14-5-2-12(3-6-14)10-25-19(23)24/h2-7,9,11,20-21H,8,10H2,1H3,(H,18,22). The molecule has 8 heteroatoms. The van der Waals surface area contributed by atoms with Crippen LogP contribution < -0.4 is 5.32 Å². The quantitative estimate of drug-likeness (QED) is 0.401. The number of phenolic OH excluding ortho intramolecular Hbond substituents is 2. The number of nitrogens with one attached hydrogen (secondary N) is 1. The van der Waals surface area contributed by atoms with Crippen molar-refractivity contribution in [3.63, 3.8) is 0 Å². The lowest BCUT2D eigenvalue weighted by atomic mass is 10.1. The Morgan fingerprint density at radius 1 is 1.16 bits per heavy atom. The number of phenols is 2. The third kappa shape index (κ3) is 5.38. The zero-order chi connectivity index (χ0) is 18.4. The Bertz CT molecular complexity index is 760. The van der Waals surface area contributed by atoms with Crippen LogP contribution in [-0.4, -0.2) is 27.2 Å². The van der Waals surface area contributed by atoms with E-state index in [4.69, 9.17) is 0 Å². The van der Waals surface area contributed by atoms with Crippen molar-refractivity contribution < 1.29 is 24.9 Å². The molecular formula is C17H18N2O6. The molecule has 8 nitrogen and oxygen atoms in total. The molecule has 2 aromatic carbocycles. The number of carbonyl (C=O) groups excluding carboxylic acids is 1. The van der Waals surface area contributed by atoms with Crippen LogP contribution >= 0.6 is 0 Å². The van der Waals surface area contributed by atoms with E-state index >= 15 is 0 Å². The molecule has 0 saturated carbocycles. The van der Waals surface area contributed by atoms with Gasteiger partial charge in [0.2, 0.25) is 0 Å². The summed E-state index contributed by atoms with van der Waals surface area (Å²) >= 11 is 0. The molecule has 1 atom stereocenters. The van der Waals surface area contributed by atoms with Crippen molar-refractivity contribution in [2.45, 2.75) is 26.0 Å². The summed E-state index contributed by atoms with van der Waals surface area (Å²) in [6.45, 7) is 1.65. The molecule has 0 saturated heterocycles. The summed E-state index contributed by atoms with van der Waals surface area (Å²) in [6.07, 6.45) is 0.480. The van der Waals surface area contributed by atoms with E-state index in [1.54, 1.807) is 30.3 Å². The number of hydrogen-bond donors (Lipinski definition) is 3. The minimum absolute atomic E-state index is 0.171. The lowest BCUT2D eigenvalue weighted by Gasteiger charge is -2.14. The van der Waals surface area contributed by atoms with E-state index in [2.05, 4.69) is 10.2 Å². The van der Waals surface area contributed by atoms with Gasteiger partial charge in [0.05, 0.1) is 0 Å². The van der Waals surface area contributed by atoms with E-state index in [0.717, 1.165) is 5.56 Å². The topological polar surface area (TPSA) is 122 Å². The first kappa shape index (κ1) is 18.1. The molecule has 1 amide bonds. The fraction of sp³-hybridized carbons (Fsp3) is 0.235. The largest absolute Gasteiger partial charge is 0.504 e. The minimum atomic E-state index is -0.872. The van der Waals surface area contributed by atoms with Crippen LogP contribution in [0.15, 0.2) is 42.5 Å². The van der Waals surface area contributed by atoms with E-state index in [1.165, 1.54) is 12.1 Å². The van der Waals surface area contributed by atoms with E-state index < -0.39 is 5.09 Å². The number of aromatic hydroxyl groups is 2. The molecule has 3 N–H and O–H groups in total. The Labute approximate surface area is 143 Å². The molecule has 0 aliphatic carbocycles. The molecule has 2 rings (SSSR count). The zero-order valence-corrected chi connectivity index (χ0v) is 13.5. The lowest BCUT2D eigenvalue weighted by Crippen LogP contribution is -2.34. The van der Waals surface area contributed by atoms with Crippen LogP contribution in [0.4, 0.5) is 0 Å². The van der Waals surface area contributed by atoms with Crippen molar-refractivity contribution in [3.05, 3.63) is 69.3 Å². The predicted molar refractivity (Wildman–Crippen MR) is 88.6 cm³/mol. The van der Waals surface area contributed by atoms with Gasteiger partial charge < -0.3 is 20.4 Å². The molecule has 0 heterocycles. The molecule has 0 spiro atoms. The SMILES string of the molecule is CC(Cc1ccc(O)c(O)c1)NC(=O)c1ccc(CO[N+](=O)[O-])cc1. The average Bonchev–Trinajstić information content (AvgIpc) is 2.56. The van der Waals surface area contributed by atoms with Gasteiger partial charge in [-0.05, 0) is 48.7 Å². The second-order valence-electron chi connectivity index (χ2n) is 5.60. The number of amides is 1. The normalized spacial score (nSPS) is 11.6. The summed E-state index contributed by atoms with van der Waals surface area (Å²) < 4.78 is 0. The summed E-state index contributed by atoms with van der Waals surface area (Å²) in [5.41, 5.74) is 1.78. The molecule has 0 fully saturated rings. The van der Waals surface area contributed by atoms with Crippen LogP contribution in [0, 0.1) is 10.1 Å². The van der Waals surface area contributed by atoms with Gasteiger partial charge in [0.1, 0.15) is 6.61 Å². The van der Waals surface area contributed by atoms with Gasteiger partial charge in [-0.25, -0.2) is 0 Å². The first-order chi connectivity index (χ1) is 11.8. The second-order valence-corrected chi connectivity index (χ2v) is 5.60. The predicted octanol–water partition coefficient (Wildman–Crippen LogP) is 2.17. The van der Waals surface area contributed by atoms with Crippen LogP contribution in [0.1, 0.15) is 28.4 Å². The van der Waals surface area contributed by atoms with Gasteiger partial charge >= 0.3 is 0 Å². The highest BCUT2D eigenvalue weighted by Crippen LogP contribution is 2.25. The number of rotatable bonds is 7. The number of hydrogen-bond acceptors (Lipinski definition) is 6. The van der Waals surface area contributed by atoms with Crippen LogP contribution in [-0.2, 0) is 17.9 Å². The fourth-order valence-corrected chi connectivity index (χ4v) is 2.29. The first-order valence-corrected chi connectivity index (χ1v) is 7.53. The van der Waals surface area contributed by atoms with Crippen LogP contribution in [0.25, 0.3) is 0 Å². The maximum absolute atomic E-state index is 12.2. The third-order valence-corrected chi connectivity index (χ3v) is 3.51. The number of benzene rings is 2. The summed E-state index contributed by atoms with van der Waals surface area (Å²) in [5, 5.41) is 30.9. The molecule has 0 aromatic heterocycles. The van der Waals surface area contributed by atoms with Crippen molar-refractivity contribution >= 4 is 5.91 Å². The summed E-state index contributed by atoms with van der Waals surface area (Å²) in [6, 6.07) is 10.6. The van der Waals surface area contributed by atoms with Gasteiger partial charge in [-0.2, -0.15) is 0 Å². The number of carbonyl (C=O) groups is 1. The van der Waals surface area contributed by atoms with Gasteiger partial charge in [-0.1, -0.05) is 18.2 Å². The molecule has 25 heavy (non-hydrogen) atoms. The van der Waals surface area contributed by atoms with Crippen molar-refractivity contribution in [2.24, 2.45) is 0 Å². The van der Waals surface area contributed by atoms with Crippen molar-refractivity contribution in [3.8, 4) is 11.5 Å². The Morgan fingerprint density at radius 2 is 1.80 bits per heavy atom. The van der Waals surface area contributed by atoms with Gasteiger partial charge in [0.25, 0.3) is 11.0 Å². The van der Waals surface area contributed by atoms with Crippen molar-refractivity contribution in [1.82, 2.24) is 5.32 Å². The molecule has 0 aliphatic rings. The van der Waals surface area contributed by atoms with Gasteiger partial charge in [-0.15, -0.1) is 10.1 Å². The summed E-state index contributed by atoms with van der Waals surface area (Å²) in [7, 11) is 0. The van der Waals surface area contributed by atoms with E-state index in [9.17, 15) is 25.1 Å². The molecule has 132 valence electrons. The third-order valence-electron chi connectivity index (χ3n) is 3.51. The number of nitrogens with zero attached hydrogens (tertiary/aromatic N) is 1. The van der Waals surface area contributed by atoms with E-state index in [-0.39, 0.29) is 30.1 Å². The highest BCUT2D eigenvalue weighted by Gasteiger charge is 2.11. The highest BCUT2D eigenvalue weighted by atomic mass is 16.9. The fourth-order valence-electron chi connectivity index (χ4n) is 2.29. The zero-order valence-electron chi connectivity index (χ0n) is 13.5. The molecule has 0 radical (unpaired) electrons. The molecule has 0 bridgehead atoms. The van der Waals surface area contributed by atoms with Gasteiger partial charge in [0.15, 0.2) is 11.5 Å². The monoisotopic (exact) mass is 346 g/mol. The van der Waals surface area contributed by atoms with Crippen LogP contribution in [0.2, 0.25) is 0 Å². The molecule has 1 unspecified atom stereocenters. The minimum Gasteiger partial charge on any atom is -0.504 e. The average molecular weight is 346 g/mol. The van der Waals surface area contributed by atoms with Gasteiger partial charge in [0, 0.05) is 11.6 Å². The van der Waals surface area contributed by atoms with Crippen LogP contribution in [0.3, 0.4) is 0 Å². The maximum atomic E-state index is 12.2. The lowest BCUT2D eigenvalue weighted by molar-refractivity contribution is -0.763. The Morgan fingerprint density at radius 3 is 2.40 bits per heavy atom. The highest BCUT2D eigenvalue weighted by molar-refractivity contribution is 5.94. The Kier molecular flexibility index (Phi) is 5.78. The smallest absolute Gasteiger partial charge is 0.294 e. The summed E-state index contributed by atoms with van der Waals surface area (Å²) in [4.78, 5) is 26.6. The van der Waals surface area contributed by atoms with Crippen molar-refractivity contribution in [1.29, 1.82) is 0 Å². The molecule has 2 aromatic rings. The first-order valence-electron chi connectivity index (χ1n) is 7.53. The Balaban J connectivity index is 1.91. The molecular weight excluding hydrogens is 328 g/mol. The second kappa shape index (κ2) is 8.00. The van der Waals surface area contributed by atoms with Crippen molar-refractivity contribution in [2.75, 3.05) is 0 Å². The van der Waals surface area contributed by atoms with Gasteiger partial charge in [-0.3, -0.25) is 4.79 Å². The summed E-state index contributed by atoms with van der Waals surface area (Å²) in [5.74, 6) is -0.678. The Hall–Kier alpha value is -3.29. The van der Waals surface area contributed by atoms with E-state index in [0.29, 0.717) is 17.5 Å². The van der Waals surface area contributed by atoms with Crippen LogP contribution in [0.5, 0.6) is 11.5 Å². The molecule has 0 aliphatic heterocycles. The maximum Gasteiger partial charge on any atom is 0.294 e. The van der Waals surface area contributed by atoms with E-state index in [1.807, 2.05) is 6.92 Å².